The number of hydrogen-bond acceptors (Lipinski definition) is 4. The zero-order valence-corrected chi connectivity index (χ0v) is 10.6. The highest BCUT2D eigenvalue weighted by atomic mass is 16.5. The van der Waals surface area contributed by atoms with Crippen molar-refractivity contribution in [2.24, 2.45) is 5.73 Å². The van der Waals surface area contributed by atoms with Crippen molar-refractivity contribution < 1.29 is 14.6 Å². The Morgan fingerprint density at radius 1 is 1.50 bits per heavy atom. The van der Waals surface area contributed by atoms with E-state index >= 15 is 0 Å². The molecule has 0 aliphatic rings. The first kappa shape index (κ1) is 14.5. The predicted molar refractivity (Wildman–Crippen MR) is 69.8 cm³/mol. The van der Waals surface area contributed by atoms with Gasteiger partial charge in [-0.25, -0.2) is 0 Å². The molecule has 0 spiro atoms. The summed E-state index contributed by atoms with van der Waals surface area (Å²) in [6.45, 7) is 1.40. The maximum Gasteiger partial charge on any atom is 0.320 e. The molecular formula is C13H20N2O3. The van der Waals surface area contributed by atoms with Gasteiger partial charge in [-0.3, -0.25) is 4.79 Å². The first-order chi connectivity index (χ1) is 8.63. The Balaban J connectivity index is 2.19. The minimum Gasteiger partial charge on any atom is -0.497 e. The highest BCUT2D eigenvalue weighted by molar-refractivity contribution is 5.72. The molecule has 1 aromatic rings. The fraction of sp³-hybridized carbons (Fsp3) is 0.462. The van der Waals surface area contributed by atoms with Crippen molar-refractivity contribution >= 4 is 5.97 Å². The lowest BCUT2D eigenvalue weighted by Crippen LogP contribution is -2.34. The fourth-order valence-corrected chi connectivity index (χ4v) is 1.57. The SMILES string of the molecule is COc1cccc(CCNCCC(N)C(=O)O)c1. The van der Waals surface area contributed by atoms with E-state index in [0.717, 1.165) is 18.7 Å². The summed E-state index contributed by atoms with van der Waals surface area (Å²) in [5.41, 5.74) is 6.58. The molecule has 0 fully saturated rings. The molecule has 0 heterocycles. The van der Waals surface area contributed by atoms with Gasteiger partial charge in [0.05, 0.1) is 7.11 Å². The fourth-order valence-electron chi connectivity index (χ4n) is 1.57. The molecule has 18 heavy (non-hydrogen) atoms. The third kappa shape index (κ3) is 5.16. The van der Waals surface area contributed by atoms with Crippen LogP contribution in [0.4, 0.5) is 0 Å². The smallest absolute Gasteiger partial charge is 0.320 e. The number of methoxy groups -OCH3 is 1. The van der Waals surface area contributed by atoms with Gasteiger partial charge in [0.15, 0.2) is 0 Å². The van der Waals surface area contributed by atoms with Crippen molar-refractivity contribution in [3.05, 3.63) is 29.8 Å². The zero-order chi connectivity index (χ0) is 13.4. The summed E-state index contributed by atoms with van der Waals surface area (Å²) in [5, 5.41) is 11.8. The molecule has 100 valence electrons. The van der Waals surface area contributed by atoms with Gasteiger partial charge in [-0.1, -0.05) is 12.1 Å². The minimum absolute atomic E-state index is 0.438. The third-order valence-corrected chi connectivity index (χ3v) is 2.67. The standard InChI is InChI=1S/C13H20N2O3/c1-18-11-4-2-3-10(9-11)5-7-15-8-6-12(14)13(16)17/h2-4,9,12,15H,5-8,14H2,1H3,(H,16,17). The average molecular weight is 252 g/mol. The maximum absolute atomic E-state index is 10.5. The molecule has 1 atom stereocenters. The van der Waals surface area contributed by atoms with E-state index in [9.17, 15) is 4.79 Å². The number of carbonyl (C=O) groups is 1. The van der Waals surface area contributed by atoms with Crippen LogP contribution < -0.4 is 15.8 Å². The number of nitrogens with one attached hydrogen (secondary N) is 1. The largest absolute Gasteiger partial charge is 0.497 e. The van der Waals surface area contributed by atoms with Crippen molar-refractivity contribution in [3.63, 3.8) is 0 Å². The summed E-state index contributed by atoms with van der Waals surface area (Å²) >= 11 is 0. The van der Waals surface area contributed by atoms with Crippen molar-refractivity contribution in [3.8, 4) is 5.75 Å². The highest BCUT2D eigenvalue weighted by Gasteiger charge is 2.09. The molecule has 5 heteroatoms. The lowest BCUT2D eigenvalue weighted by atomic mass is 10.1. The average Bonchev–Trinajstić information content (AvgIpc) is 2.38. The van der Waals surface area contributed by atoms with Gasteiger partial charge in [-0.05, 0) is 43.6 Å². The van der Waals surface area contributed by atoms with Crippen LogP contribution in [0.25, 0.3) is 0 Å². The Bertz CT molecular complexity index is 382. The summed E-state index contributed by atoms with van der Waals surface area (Å²) in [5.74, 6) is -0.106. The maximum atomic E-state index is 10.5. The van der Waals surface area contributed by atoms with Crippen LogP contribution in [0.15, 0.2) is 24.3 Å². The molecule has 4 N–H and O–H groups in total. The van der Waals surface area contributed by atoms with Crippen LogP contribution in [0.1, 0.15) is 12.0 Å². The highest BCUT2D eigenvalue weighted by Crippen LogP contribution is 2.12. The summed E-state index contributed by atoms with van der Waals surface area (Å²) in [4.78, 5) is 10.5. The number of carboxylic acids is 1. The van der Waals surface area contributed by atoms with E-state index in [1.807, 2.05) is 24.3 Å². The van der Waals surface area contributed by atoms with E-state index < -0.39 is 12.0 Å². The van der Waals surface area contributed by atoms with Gasteiger partial charge >= 0.3 is 5.97 Å². The Kier molecular flexibility index (Phi) is 6.18. The lowest BCUT2D eigenvalue weighted by molar-refractivity contribution is -0.138. The summed E-state index contributed by atoms with van der Waals surface area (Å²) in [6, 6.07) is 7.10. The summed E-state index contributed by atoms with van der Waals surface area (Å²) in [6.07, 6.45) is 1.31. The minimum atomic E-state index is -0.954. The molecule has 1 rings (SSSR count). The number of ether oxygens (including phenoxy) is 1. The van der Waals surface area contributed by atoms with Crippen molar-refractivity contribution in [2.75, 3.05) is 20.2 Å². The molecule has 1 aromatic carbocycles. The van der Waals surface area contributed by atoms with E-state index in [0.29, 0.717) is 13.0 Å². The molecule has 0 saturated carbocycles. The number of carboxylic acid groups (broad SMARTS) is 1. The number of hydrogen-bond donors (Lipinski definition) is 3. The van der Waals surface area contributed by atoms with Gasteiger partial charge in [0.2, 0.25) is 0 Å². The van der Waals surface area contributed by atoms with Gasteiger partial charge < -0.3 is 20.9 Å². The van der Waals surface area contributed by atoms with E-state index in [1.165, 1.54) is 5.56 Å². The van der Waals surface area contributed by atoms with Crippen LogP contribution in [0, 0.1) is 0 Å². The van der Waals surface area contributed by atoms with Gasteiger partial charge in [-0.15, -0.1) is 0 Å². The second-order valence-electron chi connectivity index (χ2n) is 4.08. The Morgan fingerprint density at radius 2 is 2.28 bits per heavy atom. The lowest BCUT2D eigenvalue weighted by Gasteiger charge is -2.08. The number of aliphatic carboxylic acids is 1. The summed E-state index contributed by atoms with van der Waals surface area (Å²) in [7, 11) is 1.64. The quantitative estimate of drug-likeness (QED) is 0.591. The van der Waals surface area contributed by atoms with Gasteiger partial charge in [0, 0.05) is 0 Å². The molecule has 5 nitrogen and oxygen atoms in total. The van der Waals surface area contributed by atoms with E-state index in [4.69, 9.17) is 15.6 Å². The monoisotopic (exact) mass is 252 g/mol. The molecule has 0 bridgehead atoms. The molecule has 0 amide bonds. The predicted octanol–water partition coefficient (Wildman–Crippen LogP) is 0.629. The van der Waals surface area contributed by atoms with Crippen LogP contribution in [0.3, 0.4) is 0 Å². The Hall–Kier alpha value is -1.59. The van der Waals surface area contributed by atoms with Crippen LogP contribution in [0.5, 0.6) is 5.75 Å². The normalized spacial score (nSPS) is 12.1. The van der Waals surface area contributed by atoms with E-state index in [1.54, 1.807) is 7.11 Å². The molecule has 1 unspecified atom stereocenters. The van der Waals surface area contributed by atoms with E-state index in [-0.39, 0.29) is 0 Å². The zero-order valence-electron chi connectivity index (χ0n) is 10.6. The molecule has 0 aromatic heterocycles. The number of benzene rings is 1. The summed E-state index contributed by atoms with van der Waals surface area (Å²) < 4.78 is 5.14. The third-order valence-electron chi connectivity index (χ3n) is 2.67. The Morgan fingerprint density at radius 3 is 2.94 bits per heavy atom. The van der Waals surface area contributed by atoms with Gasteiger partial charge in [-0.2, -0.15) is 0 Å². The second kappa shape index (κ2) is 7.68. The first-order valence-electron chi connectivity index (χ1n) is 5.95. The van der Waals surface area contributed by atoms with Crippen LogP contribution >= 0.6 is 0 Å². The molecule has 0 aliphatic heterocycles. The van der Waals surface area contributed by atoms with E-state index in [2.05, 4.69) is 5.32 Å². The number of rotatable bonds is 8. The second-order valence-corrected chi connectivity index (χ2v) is 4.08. The van der Waals surface area contributed by atoms with Crippen molar-refractivity contribution in [2.45, 2.75) is 18.9 Å². The first-order valence-corrected chi connectivity index (χ1v) is 5.95. The Labute approximate surface area is 107 Å². The van der Waals surface area contributed by atoms with Crippen molar-refractivity contribution in [1.29, 1.82) is 0 Å². The van der Waals surface area contributed by atoms with Crippen LogP contribution in [-0.2, 0) is 11.2 Å². The topological polar surface area (TPSA) is 84.6 Å². The van der Waals surface area contributed by atoms with Gasteiger partial charge in [0.1, 0.15) is 11.8 Å². The molecule has 0 radical (unpaired) electrons. The van der Waals surface area contributed by atoms with Crippen molar-refractivity contribution in [1.82, 2.24) is 5.32 Å². The van der Waals surface area contributed by atoms with Crippen LogP contribution in [-0.4, -0.2) is 37.3 Å². The molecular weight excluding hydrogens is 232 g/mol. The van der Waals surface area contributed by atoms with Gasteiger partial charge in [0.25, 0.3) is 0 Å². The molecule has 0 saturated heterocycles. The molecule has 0 aliphatic carbocycles. The van der Waals surface area contributed by atoms with Crippen LogP contribution in [0.2, 0.25) is 0 Å². The number of nitrogens with two attached hydrogens (primary N) is 1.